The van der Waals surface area contributed by atoms with Crippen molar-refractivity contribution in [2.75, 3.05) is 0 Å². The molecule has 8 nitrogen and oxygen atoms in total. The summed E-state index contributed by atoms with van der Waals surface area (Å²) in [5.41, 5.74) is 1.09. The fourth-order valence-corrected chi connectivity index (χ4v) is 3.00. The van der Waals surface area contributed by atoms with E-state index in [0.29, 0.717) is 27.8 Å². The van der Waals surface area contributed by atoms with E-state index in [-0.39, 0.29) is 24.7 Å². The van der Waals surface area contributed by atoms with Gasteiger partial charge in [0.2, 0.25) is 5.43 Å². The minimum absolute atomic E-state index is 0.145. The Morgan fingerprint density at radius 1 is 0.933 bits per heavy atom. The number of H-pyrrole nitrogens is 1. The zero-order valence-electron chi connectivity index (χ0n) is 15.8. The van der Waals surface area contributed by atoms with Crippen LogP contribution in [0.15, 0.2) is 76.1 Å². The molecule has 150 valence electrons. The molecule has 0 atom stereocenters. The number of nitrogens with one attached hydrogen (secondary N) is 3. The lowest BCUT2D eigenvalue weighted by molar-refractivity contribution is 0.0940. The van der Waals surface area contributed by atoms with Crippen LogP contribution in [0, 0.1) is 0 Å². The molecule has 4 rings (SSSR count). The number of carbonyl (C=O) groups is 2. The molecule has 30 heavy (non-hydrogen) atoms. The molecule has 2 heterocycles. The Morgan fingerprint density at radius 3 is 2.60 bits per heavy atom. The molecule has 8 heteroatoms. The highest BCUT2D eigenvalue weighted by Crippen LogP contribution is 2.08. The molecule has 2 aromatic carbocycles. The molecule has 0 aliphatic carbocycles. The average Bonchev–Trinajstić information content (AvgIpc) is 3.30. The van der Waals surface area contributed by atoms with Crippen LogP contribution >= 0.6 is 0 Å². The lowest BCUT2D eigenvalue weighted by atomic mass is 10.1. The minimum atomic E-state index is -0.588. The number of aromatic amines is 1. The van der Waals surface area contributed by atoms with Crippen molar-refractivity contribution in [1.82, 2.24) is 20.8 Å². The van der Waals surface area contributed by atoms with Crippen molar-refractivity contribution in [1.29, 1.82) is 0 Å². The zero-order valence-corrected chi connectivity index (χ0v) is 15.8. The summed E-state index contributed by atoms with van der Waals surface area (Å²) >= 11 is 0. The van der Waals surface area contributed by atoms with Gasteiger partial charge in [0.1, 0.15) is 5.76 Å². The van der Waals surface area contributed by atoms with Crippen LogP contribution in [0.25, 0.3) is 10.9 Å². The summed E-state index contributed by atoms with van der Waals surface area (Å²) in [7, 11) is 0. The highest BCUT2D eigenvalue weighted by molar-refractivity contribution is 5.95. The third-order valence-corrected chi connectivity index (χ3v) is 4.54. The van der Waals surface area contributed by atoms with Crippen LogP contribution in [-0.4, -0.2) is 22.0 Å². The third kappa shape index (κ3) is 4.12. The van der Waals surface area contributed by atoms with Gasteiger partial charge in [0, 0.05) is 17.5 Å². The number of amides is 2. The second kappa shape index (κ2) is 8.44. The summed E-state index contributed by atoms with van der Waals surface area (Å²) in [5, 5.41) is 12.4. The molecule has 4 aromatic rings. The van der Waals surface area contributed by atoms with Gasteiger partial charge in [-0.15, -0.1) is 0 Å². The maximum Gasteiger partial charge on any atom is 0.276 e. The number of benzene rings is 2. The van der Waals surface area contributed by atoms with Crippen molar-refractivity contribution in [3.05, 3.63) is 99.7 Å². The number of para-hydroxylation sites is 1. The Labute approximate surface area is 170 Å². The number of hydrogen-bond donors (Lipinski definition) is 3. The topological polar surface area (TPSA) is 117 Å². The first-order valence-electron chi connectivity index (χ1n) is 9.27. The smallest absolute Gasteiger partial charge is 0.276 e. The maximum atomic E-state index is 12.5. The monoisotopic (exact) mass is 402 g/mol. The van der Waals surface area contributed by atoms with E-state index in [1.54, 1.807) is 66.9 Å². The number of carbonyl (C=O) groups excluding carboxylic acids is 2. The Morgan fingerprint density at radius 2 is 1.77 bits per heavy atom. The number of rotatable bonds is 6. The normalized spacial score (nSPS) is 10.7. The van der Waals surface area contributed by atoms with Crippen molar-refractivity contribution in [2.24, 2.45) is 0 Å². The molecule has 0 saturated carbocycles. The Hall–Kier alpha value is -4.20. The zero-order chi connectivity index (χ0) is 20.9. The molecular formula is C22H18N4O4. The molecule has 0 spiro atoms. The van der Waals surface area contributed by atoms with Gasteiger partial charge in [0.25, 0.3) is 11.8 Å². The lowest BCUT2D eigenvalue weighted by Gasteiger charge is -2.08. The summed E-state index contributed by atoms with van der Waals surface area (Å²) < 4.78 is 5.19. The van der Waals surface area contributed by atoms with Crippen molar-refractivity contribution >= 4 is 22.7 Å². The van der Waals surface area contributed by atoms with E-state index < -0.39 is 11.3 Å². The first-order valence-corrected chi connectivity index (χ1v) is 9.27. The van der Waals surface area contributed by atoms with Crippen molar-refractivity contribution < 1.29 is 14.0 Å². The fraction of sp³-hybridized carbons (Fsp3) is 0.0909. The van der Waals surface area contributed by atoms with Crippen molar-refractivity contribution in [3.63, 3.8) is 0 Å². The van der Waals surface area contributed by atoms with Crippen molar-refractivity contribution in [2.45, 2.75) is 13.1 Å². The van der Waals surface area contributed by atoms with E-state index >= 15 is 0 Å². The summed E-state index contributed by atoms with van der Waals surface area (Å²) in [6, 6.07) is 17.2. The number of nitrogens with zero attached hydrogens (tertiary/aromatic N) is 1. The van der Waals surface area contributed by atoms with Crippen LogP contribution in [0.3, 0.4) is 0 Å². The largest absolute Gasteiger partial charge is 0.467 e. The van der Waals surface area contributed by atoms with E-state index in [2.05, 4.69) is 20.8 Å². The molecule has 2 amide bonds. The molecule has 3 N–H and O–H groups in total. The van der Waals surface area contributed by atoms with Crippen molar-refractivity contribution in [3.8, 4) is 0 Å². The van der Waals surface area contributed by atoms with E-state index in [1.165, 1.54) is 0 Å². The van der Waals surface area contributed by atoms with Gasteiger partial charge in [0.05, 0.1) is 18.3 Å². The molecule has 0 radical (unpaired) electrons. The maximum absolute atomic E-state index is 12.5. The summed E-state index contributed by atoms with van der Waals surface area (Å²) in [5.74, 6) is -0.193. The predicted molar refractivity (Wildman–Crippen MR) is 110 cm³/mol. The number of fused-ring (bicyclic) bond motifs is 1. The molecule has 0 unspecified atom stereocenters. The van der Waals surface area contributed by atoms with Crippen LogP contribution in [0.5, 0.6) is 0 Å². The fourth-order valence-electron chi connectivity index (χ4n) is 3.00. The lowest BCUT2D eigenvalue weighted by Crippen LogP contribution is -2.30. The first-order chi connectivity index (χ1) is 14.6. The second-order valence-electron chi connectivity index (χ2n) is 6.59. The van der Waals surface area contributed by atoms with Crippen LogP contribution in [0.2, 0.25) is 0 Å². The standard InChI is InChI=1S/C22H18N4O4/c27-20-17-8-1-2-9-18(17)25-26-19(20)22(29)23-12-14-5-3-6-15(11-14)21(28)24-13-16-7-4-10-30-16/h1-11H,12-13H2,(H,23,29)(H,24,28)(H,25,27). The highest BCUT2D eigenvalue weighted by atomic mass is 16.3. The van der Waals surface area contributed by atoms with E-state index in [4.69, 9.17) is 4.42 Å². The Balaban J connectivity index is 1.42. The van der Waals surface area contributed by atoms with Gasteiger partial charge in [-0.25, -0.2) is 0 Å². The molecule has 0 fully saturated rings. The molecule has 0 bridgehead atoms. The first kappa shape index (κ1) is 19.1. The minimum Gasteiger partial charge on any atom is -0.467 e. The van der Waals surface area contributed by atoms with Crippen LogP contribution in [0.4, 0.5) is 0 Å². The van der Waals surface area contributed by atoms with Gasteiger partial charge in [-0.05, 0) is 42.0 Å². The third-order valence-electron chi connectivity index (χ3n) is 4.54. The van der Waals surface area contributed by atoms with Crippen LogP contribution in [-0.2, 0) is 13.1 Å². The number of furan rings is 1. The molecule has 0 aliphatic rings. The van der Waals surface area contributed by atoms with Crippen LogP contribution < -0.4 is 16.1 Å². The van der Waals surface area contributed by atoms with Gasteiger partial charge in [-0.3, -0.25) is 19.5 Å². The quantitative estimate of drug-likeness (QED) is 0.458. The van der Waals surface area contributed by atoms with Gasteiger partial charge in [-0.1, -0.05) is 24.3 Å². The molecule has 0 saturated heterocycles. The predicted octanol–water partition coefficient (Wildman–Crippen LogP) is 2.38. The van der Waals surface area contributed by atoms with Gasteiger partial charge in [0.15, 0.2) is 5.69 Å². The Bertz CT molecular complexity index is 1260. The SMILES string of the molecule is O=C(NCc1ccco1)c1cccc(CNC(=O)c2n[nH]c3ccccc3c2=O)c1. The number of hydrogen-bond acceptors (Lipinski definition) is 5. The van der Waals surface area contributed by atoms with E-state index in [9.17, 15) is 14.4 Å². The van der Waals surface area contributed by atoms with Gasteiger partial charge in [-0.2, -0.15) is 5.10 Å². The second-order valence-corrected chi connectivity index (χ2v) is 6.59. The summed E-state index contributed by atoms with van der Waals surface area (Å²) in [6.07, 6.45) is 1.54. The van der Waals surface area contributed by atoms with Gasteiger partial charge < -0.3 is 15.1 Å². The average molecular weight is 402 g/mol. The summed E-state index contributed by atoms with van der Waals surface area (Å²) in [4.78, 5) is 37.3. The van der Waals surface area contributed by atoms with Gasteiger partial charge >= 0.3 is 0 Å². The summed E-state index contributed by atoms with van der Waals surface area (Å²) in [6.45, 7) is 0.426. The highest BCUT2D eigenvalue weighted by Gasteiger charge is 2.15. The Kier molecular flexibility index (Phi) is 5.38. The van der Waals surface area contributed by atoms with E-state index in [0.717, 1.165) is 0 Å². The molecule has 0 aliphatic heterocycles. The van der Waals surface area contributed by atoms with E-state index in [1.807, 2.05) is 0 Å². The molecular weight excluding hydrogens is 384 g/mol. The molecule has 2 aromatic heterocycles. The number of aromatic nitrogens is 2. The van der Waals surface area contributed by atoms with Crippen LogP contribution in [0.1, 0.15) is 32.2 Å².